The van der Waals surface area contributed by atoms with E-state index in [0.717, 1.165) is 17.7 Å². The predicted octanol–water partition coefficient (Wildman–Crippen LogP) is 3.93. The topological polar surface area (TPSA) is 29.5 Å². The largest absolute Gasteiger partial charge is 0.416 e. The first-order chi connectivity index (χ1) is 9.93. The molecule has 0 heterocycles. The molecule has 0 aliphatic rings. The summed E-state index contributed by atoms with van der Waals surface area (Å²) in [4.78, 5) is 0. The van der Waals surface area contributed by atoms with Crippen LogP contribution >= 0.6 is 0 Å². The van der Waals surface area contributed by atoms with Gasteiger partial charge < -0.3 is 9.84 Å². The zero-order valence-corrected chi connectivity index (χ0v) is 11.4. The molecule has 2 nitrogen and oxygen atoms in total. The molecular weight excluding hydrogens is 281 g/mol. The highest BCUT2D eigenvalue weighted by Gasteiger charge is 2.30. The highest BCUT2D eigenvalue weighted by Crippen LogP contribution is 2.31. The van der Waals surface area contributed by atoms with Crippen LogP contribution in [-0.2, 0) is 17.5 Å². The van der Waals surface area contributed by atoms with E-state index in [1.807, 2.05) is 12.1 Å². The van der Waals surface area contributed by atoms with E-state index in [1.165, 1.54) is 12.1 Å². The second-order valence-corrected chi connectivity index (χ2v) is 4.65. The van der Waals surface area contributed by atoms with Gasteiger partial charge in [0.25, 0.3) is 0 Å². The molecule has 0 saturated heterocycles. The van der Waals surface area contributed by atoms with Crippen LogP contribution in [0.1, 0.15) is 28.4 Å². The quantitative estimate of drug-likeness (QED) is 0.926. The van der Waals surface area contributed by atoms with Gasteiger partial charge in [0, 0.05) is 7.11 Å². The summed E-state index contributed by atoms with van der Waals surface area (Å²) in [5.74, 6) is 0. The fourth-order valence-corrected chi connectivity index (χ4v) is 2.12. The first kappa shape index (κ1) is 15.5. The number of alkyl halides is 3. The van der Waals surface area contributed by atoms with E-state index in [2.05, 4.69) is 0 Å². The number of benzene rings is 2. The first-order valence-electron chi connectivity index (χ1n) is 6.35. The minimum atomic E-state index is -4.38. The number of ether oxygens (including phenoxy) is 1. The van der Waals surface area contributed by atoms with Gasteiger partial charge in [-0.1, -0.05) is 36.4 Å². The summed E-state index contributed by atoms with van der Waals surface area (Å²) in [5.41, 5.74) is 1.10. The molecule has 0 amide bonds. The van der Waals surface area contributed by atoms with E-state index < -0.39 is 17.8 Å². The van der Waals surface area contributed by atoms with Crippen molar-refractivity contribution in [3.05, 3.63) is 70.8 Å². The lowest BCUT2D eigenvalue weighted by Gasteiger charge is -2.16. The molecule has 1 atom stereocenters. The van der Waals surface area contributed by atoms with Gasteiger partial charge in [0.2, 0.25) is 0 Å². The standard InChI is InChI=1S/C16H15F3O2/c1-21-10-12-4-2-3-5-14(12)15(20)11-6-8-13(9-7-11)16(17,18)19/h2-9,15,20H,10H2,1H3. The molecule has 2 aromatic carbocycles. The summed E-state index contributed by atoms with van der Waals surface area (Å²) in [6, 6.07) is 11.6. The molecule has 2 rings (SSSR count). The maximum absolute atomic E-state index is 12.5. The molecule has 0 saturated carbocycles. The van der Waals surface area contributed by atoms with E-state index in [-0.39, 0.29) is 0 Å². The molecule has 0 aliphatic carbocycles. The van der Waals surface area contributed by atoms with Crippen LogP contribution in [-0.4, -0.2) is 12.2 Å². The van der Waals surface area contributed by atoms with Crippen molar-refractivity contribution in [3.63, 3.8) is 0 Å². The Labute approximate surface area is 120 Å². The number of methoxy groups -OCH3 is 1. The van der Waals surface area contributed by atoms with Gasteiger partial charge in [-0.25, -0.2) is 0 Å². The van der Waals surface area contributed by atoms with Gasteiger partial charge in [-0.15, -0.1) is 0 Å². The third kappa shape index (κ3) is 3.62. The summed E-state index contributed by atoms with van der Waals surface area (Å²) in [7, 11) is 1.54. The smallest absolute Gasteiger partial charge is 0.384 e. The summed E-state index contributed by atoms with van der Waals surface area (Å²) in [5, 5.41) is 10.4. The molecule has 0 bridgehead atoms. The zero-order chi connectivity index (χ0) is 15.5. The molecule has 5 heteroatoms. The van der Waals surface area contributed by atoms with Crippen LogP contribution in [0.2, 0.25) is 0 Å². The third-order valence-electron chi connectivity index (χ3n) is 3.20. The highest BCUT2D eigenvalue weighted by atomic mass is 19.4. The Morgan fingerprint density at radius 2 is 1.67 bits per heavy atom. The van der Waals surface area contributed by atoms with Crippen molar-refractivity contribution in [1.29, 1.82) is 0 Å². The minimum Gasteiger partial charge on any atom is -0.384 e. The van der Waals surface area contributed by atoms with Crippen LogP contribution in [0.4, 0.5) is 13.2 Å². The van der Waals surface area contributed by atoms with Crippen LogP contribution in [0, 0.1) is 0 Å². The van der Waals surface area contributed by atoms with Gasteiger partial charge >= 0.3 is 6.18 Å². The Bertz CT molecular complexity index is 591. The lowest BCUT2D eigenvalue weighted by atomic mass is 9.96. The first-order valence-corrected chi connectivity index (χ1v) is 6.35. The normalized spacial score (nSPS) is 13.2. The van der Waals surface area contributed by atoms with Gasteiger partial charge in [0.15, 0.2) is 0 Å². The van der Waals surface area contributed by atoms with Crippen LogP contribution in [0.3, 0.4) is 0 Å². The second kappa shape index (κ2) is 6.28. The summed E-state index contributed by atoms with van der Waals surface area (Å²) in [6.45, 7) is 0.327. The zero-order valence-electron chi connectivity index (χ0n) is 11.4. The molecule has 2 aromatic rings. The SMILES string of the molecule is COCc1ccccc1C(O)c1ccc(C(F)(F)F)cc1. The molecule has 0 aliphatic heterocycles. The van der Waals surface area contributed by atoms with Gasteiger partial charge in [-0.05, 0) is 28.8 Å². The van der Waals surface area contributed by atoms with Crippen LogP contribution in [0.15, 0.2) is 48.5 Å². The van der Waals surface area contributed by atoms with Crippen LogP contribution in [0.25, 0.3) is 0 Å². The van der Waals surface area contributed by atoms with Crippen LogP contribution < -0.4 is 0 Å². The Morgan fingerprint density at radius 3 is 2.24 bits per heavy atom. The van der Waals surface area contributed by atoms with Gasteiger partial charge in [-0.2, -0.15) is 13.2 Å². The number of hydrogen-bond donors (Lipinski definition) is 1. The fraction of sp³-hybridized carbons (Fsp3) is 0.250. The molecule has 112 valence electrons. The van der Waals surface area contributed by atoms with E-state index in [0.29, 0.717) is 17.7 Å². The molecule has 1 unspecified atom stereocenters. The average Bonchev–Trinajstić information content (AvgIpc) is 2.47. The van der Waals surface area contributed by atoms with Gasteiger partial charge in [0.1, 0.15) is 6.10 Å². The summed E-state index contributed by atoms with van der Waals surface area (Å²) in [6.07, 6.45) is -5.36. The Hall–Kier alpha value is -1.85. The molecule has 0 spiro atoms. The lowest BCUT2D eigenvalue weighted by Crippen LogP contribution is -2.07. The van der Waals surface area contributed by atoms with Crippen molar-refractivity contribution in [3.8, 4) is 0 Å². The van der Waals surface area contributed by atoms with Crippen molar-refractivity contribution < 1.29 is 23.0 Å². The van der Waals surface area contributed by atoms with Gasteiger partial charge in [-0.3, -0.25) is 0 Å². The number of halogens is 3. The predicted molar refractivity (Wildman–Crippen MR) is 72.7 cm³/mol. The third-order valence-corrected chi connectivity index (χ3v) is 3.20. The minimum absolute atomic E-state index is 0.327. The van der Waals surface area contributed by atoms with E-state index in [1.54, 1.807) is 19.2 Å². The van der Waals surface area contributed by atoms with Crippen LogP contribution in [0.5, 0.6) is 0 Å². The maximum atomic E-state index is 12.5. The molecule has 0 aromatic heterocycles. The van der Waals surface area contributed by atoms with Crippen molar-refractivity contribution >= 4 is 0 Å². The molecule has 1 N–H and O–H groups in total. The Kier molecular flexibility index (Phi) is 4.65. The number of aliphatic hydroxyl groups excluding tert-OH is 1. The van der Waals surface area contributed by atoms with E-state index >= 15 is 0 Å². The Balaban J connectivity index is 2.30. The fourth-order valence-electron chi connectivity index (χ4n) is 2.12. The lowest BCUT2D eigenvalue weighted by molar-refractivity contribution is -0.137. The van der Waals surface area contributed by atoms with Crippen molar-refractivity contribution in [1.82, 2.24) is 0 Å². The molecule has 21 heavy (non-hydrogen) atoms. The van der Waals surface area contributed by atoms with E-state index in [9.17, 15) is 18.3 Å². The number of aliphatic hydroxyl groups is 1. The van der Waals surface area contributed by atoms with E-state index in [4.69, 9.17) is 4.74 Å². The molecule has 0 radical (unpaired) electrons. The molecule has 0 fully saturated rings. The monoisotopic (exact) mass is 296 g/mol. The second-order valence-electron chi connectivity index (χ2n) is 4.65. The number of hydrogen-bond acceptors (Lipinski definition) is 2. The summed E-state index contributed by atoms with van der Waals surface area (Å²) >= 11 is 0. The highest BCUT2D eigenvalue weighted by molar-refractivity contribution is 5.37. The van der Waals surface area contributed by atoms with Gasteiger partial charge in [0.05, 0.1) is 12.2 Å². The van der Waals surface area contributed by atoms with Crippen molar-refractivity contribution in [2.24, 2.45) is 0 Å². The molecular formula is C16H15F3O2. The van der Waals surface area contributed by atoms with Crippen molar-refractivity contribution in [2.45, 2.75) is 18.9 Å². The van der Waals surface area contributed by atoms with Crippen molar-refractivity contribution in [2.75, 3.05) is 7.11 Å². The average molecular weight is 296 g/mol. The Morgan fingerprint density at radius 1 is 1.05 bits per heavy atom. The number of rotatable bonds is 4. The summed E-state index contributed by atoms with van der Waals surface area (Å²) < 4.78 is 42.6. The maximum Gasteiger partial charge on any atom is 0.416 e.